The topological polar surface area (TPSA) is 56.8 Å². The van der Waals surface area contributed by atoms with Crippen molar-refractivity contribution in [2.24, 2.45) is 11.3 Å². The fourth-order valence-corrected chi connectivity index (χ4v) is 5.05. The van der Waals surface area contributed by atoms with Gasteiger partial charge in [0, 0.05) is 62.9 Å². The van der Waals surface area contributed by atoms with Crippen molar-refractivity contribution in [2.75, 3.05) is 44.2 Å². The van der Waals surface area contributed by atoms with Gasteiger partial charge in [-0.25, -0.2) is 4.98 Å². The van der Waals surface area contributed by atoms with Crippen LogP contribution in [0.1, 0.15) is 24.8 Å². The largest absolute Gasteiger partial charge is 0.353 e. The van der Waals surface area contributed by atoms with Crippen molar-refractivity contribution in [3.63, 3.8) is 0 Å². The standard InChI is InChI=1S/C26H28N4O2/c31-24(10-9-21-6-2-1-3-7-21)29-14-11-26(12-15-29)20-22(26)25(32)30-18-16-28(17-19-30)23-8-4-5-13-27-23/h1-8,13,22H,11-12,14-20H2/t22-/m1/s1. The van der Waals surface area contributed by atoms with Crippen molar-refractivity contribution in [1.29, 1.82) is 0 Å². The normalized spacial score (nSPS) is 21.6. The highest BCUT2D eigenvalue weighted by Crippen LogP contribution is 2.60. The number of likely N-dealkylation sites (tertiary alicyclic amines) is 1. The first-order valence-corrected chi connectivity index (χ1v) is 11.5. The average molecular weight is 429 g/mol. The Hall–Kier alpha value is -3.33. The Labute approximate surface area is 189 Å². The average Bonchev–Trinajstić information content (AvgIpc) is 3.56. The number of pyridine rings is 1. The number of benzene rings is 1. The number of carbonyl (C=O) groups excluding carboxylic acids is 2. The molecular weight excluding hydrogens is 400 g/mol. The van der Waals surface area contributed by atoms with Gasteiger partial charge in [0.15, 0.2) is 0 Å². The van der Waals surface area contributed by atoms with E-state index in [0.717, 1.165) is 56.8 Å². The zero-order chi connectivity index (χ0) is 22.0. The van der Waals surface area contributed by atoms with Gasteiger partial charge in [0.05, 0.1) is 0 Å². The quantitative estimate of drug-likeness (QED) is 0.690. The molecule has 164 valence electrons. The lowest BCUT2D eigenvalue weighted by molar-refractivity contribution is -0.134. The number of hydrogen-bond acceptors (Lipinski definition) is 4. The van der Waals surface area contributed by atoms with Crippen LogP contribution in [0.4, 0.5) is 5.82 Å². The van der Waals surface area contributed by atoms with Gasteiger partial charge in [-0.3, -0.25) is 9.59 Å². The predicted molar refractivity (Wildman–Crippen MR) is 123 cm³/mol. The molecule has 3 aliphatic rings. The smallest absolute Gasteiger partial charge is 0.298 e. The Morgan fingerprint density at radius 3 is 2.28 bits per heavy atom. The molecule has 5 rings (SSSR count). The van der Waals surface area contributed by atoms with Crippen molar-refractivity contribution in [2.45, 2.75) is 19.3 Å². The van der Waals surface area contributed by atoms with Gasteiger partial charge in [-0.05, 0) is 48.9 Å². The first-order valence-electron chi connectivity index (χ1n) is 11.5. The Morgan fingerprint density at radius 1 is 0.875 bits per heavy atom. The van der Waals surface area contributed by atoms with Crippen molar-refractivity contribution >= 4 is 17.6 Å². The minimum Gasteiger partial charge on any atom is -0.353 e. The molecule has 2 saturated heterocycles. The maximum absolute atomic E-state index is 13.1. The lowest BCUT2D eigenvalue weighted by Crippen LogP contribution is -2.50. The summed E-state index contributed by atoms with van der Waals surface area (Å²) in [5.74, 6) is 7.02. The molecule has 6 nitrogen and oxygen atoms in total. The number of anilines is 1. The van der Waals surface area contributed by atoms with E-state index in [1.54, 1.807) is 0 Å². The maximum atomic E-state index is 13.1. The highest BCUT2D eigenvalue weighted by Gasteiger charge is 2.59. The highest BCUT2D eigenvalue weighted by molar-refractivity contribution is 5.94. The number of piperazine rings is 1. The summed E-state index contributed by atoms with van der Waals surface area (Å²) < 4.78 is 0. The van der Waals surface area contributed by atoms with Gasteiger partial charge in [0.25, 0.3) is 5.91 Å². The number of hydrogen-bond donors (Lipinski definition) is 0. The maximum Gasteiger partial charge on any atom is 0.298 e. The molecule has 1 saturated carbocycles. The molecule has 0 radical (unpaired) electrons. The highest BCUT2D eigenvalue weighted by atomic mass is 16.2. The molecule has 3 heterocycles. The molecule has 2 aromatic rings. The Balaban J connectivity index is 1.11. The lowest BCUT2D eigenvalue weighted by atomic mass is 9.90. The van der Waals surface area contributed by atoms with Crippen LogP contribution in [-0.2, 0) is 9.59 Å². The molecule has 2 aliphatic heterocycles. The molecule has 6 heteroatoms. The molecule has 1 aromatic heterocycles. The van der Waals surface area contributed by atoms with E-state index in [1.165, 1.54) is 0 Å². The van der Waals surface area contributed by atoms with Gasteiger partial charge in [0.2, 0.25) is 5.91 Å². The van der Waals surface area contributed by atoms with Crippen LogP contribution in [0.25, 0.3) is 0 Å². The van der Waals surface area contributed by atoms with E-state index < -0.39 is 0 Å². The lowest BCUT2D eigenvalue weighted by Gasteiger charge is -2.36. The predicted octanol–water partition coefficient (Wildman–Crippen LogP) is 2.41. The second-order valence-electron chi connectivity index (χ2n) is 9.03. The van der Waals surface area contributed by atoms with Crippen molar-refractivity contribution in [1.82, 2.24) is 14.8 Å². The van der Waals surface area contributed by atoms with Gasteiger partial charge >= 0.3 is 0 Å². The second-order valence-corrected chi connectivity index (χ2v) is 9.03. The van der Waals surface area contributed by atoms with Crippen LogP contribution < -0.4 is 4.90 Å². The van der Waals surface area contributed by atoms with Crippen molar-refractivity contribution in [3.8, 4) is 11.8 Å². The molecule has 3 fully saturated rings. The van der Waals surface area contributed by atoms with E-state index >= 15 is 0 Å². The molecule has 1 spiro atoms. The monoisotopic (exact) mass is 428 g/mol. The third kappa shape index (κ3) is 4.20. The molecule has 2 amide bonds. The van der Waals surface area contributed by atoms with Crippen molar-refractivity contribution in [3.05, 3.63) is 60.3 Å². The third-order valence-electron chi connectivity index (χ3n) is 7.19. The minimum atomic E-state index is -0.113. The molecule has 0 N–H and O–H groups in total. The van der Waals surface area contributed by atoms with Gasteiger partial charge < -0.3 is 14.7 Å². The Kier molecular flexibility index (Phi) is 5.57. The SMILES string of the molecule is O=C(C#Cc1ccccc1)N1CCC2(CC1)C[C@@H]2C(=O)N1CCN(c2ccccn2)CC1. The summed E-state index contributed by atoms with van der Waals surface area (Å²) in [7, 11) is 0. The van der Waals surface area contributed by atoms with E-state index in [2.05, 4.69) is 21.7 Å². The number of aromatic nitrogens is 1. The number of carbonyl (C=O) groups is 2. The number of rotatable bonds is 2. The zero-order valence-electron chi connectivity index (χ0n) is 18.2. The zero-order valence-corrected chi connectivity index (χ0v) is 18.2. The van der Waals surface area contributed by atoms with Crippen LogP contribution in [0.15, 0.2) is 54.7 Å². The first kappa shape index (κ1) is 20.6. The summed E-state index contributed by atoms with van der Waals surface area (Å²) in [4.78, 5) is 36.2. The summed E-state index contributed by atoms with van der Waals surface area (Å²) in [6, 6.07) is 15.5. The van der Waals surface area contributed by atoms with E-state index in [9.17, 15) is 9.59 Å². The molecular formula is C26H28N4O2. The molecule has 1 atom stereocenters. The second kappa shape index (κ2) is 8.66. The summed E-state index contributed by atoms with van der Waals surface area (Å²) in [5.41, 5.74) is 0.948. The van der Waals surface area contributed by atoms with Crippen LogP contribution in [-0.4, -0.2) is 65.9 Å². The molecule has 0 bridgehead atoms. The first-order chi connectivity index (χ1) is 15.6. The van der Waals surface area contributed by atoms with Gasteiger partial charge in [-0.15, -0.1) is 0 Å². The fourth-order valence-electron chi connectivity index (χ4n) is 5.05. The fraction of sp³-hybridized carbons (Fsp3) is 0.423. The number of nitrogens with zero attached hydrogens (tertiary/aromatic N) is 4. The summed E-state index contributed by atoms with van der Waals surface area (Å²) in [5, 5.41) is 0. The van der Waals surface area contributed by atoms with E-state index in [0.29, 0.717) is 19.0 Å². The summed E-state index contributed by atoms with van der Waals surface area (Å²) in [6.45, 7) is 4.54. The summed E-state index contributed by atoms with van der Waals surface area (Å²) in [6.07, 6.45) is 4.57. The van der Waals surface area contributed by atoms with E-state index in [1.807, 2.05) is 64.5 Å². The number of amides is 2. The van der Waals surface area contributed by atoms with Crippen LogP contribution in [0.3, 0.4) is 0 Å². The van der Waals surface area contributed by atoms with Crippen LogP contribution in [0.5, 0.6) is 0 Å². The van der Waals surface area contributed by atoms with Crippen LogP contribution in [0.2, 0.25) is 0 Å². The molecule has 32 heavy (non-hydrogen) atoms. The van der Waals surface area contributed by atoms with Gasteiger partial charge in [-0.2, -0.15) is 0 Å². The van der Waals surface area contributed by atoms with Gasteiger partial charge in [0.1, 0.15) is 5.82 Å². The third-order valence-corrected chi connectivity index (χ3v) is 7.19. The van der Waals surface area contributed by atoms with Gasteiger partial charge in [-0.1, -0.05) is 30.2 Å². The molecule has 0 unspecified atom stereocenters. The van der Waals surface area contributed by atoms with E-state index in [4.69, 9.17) is 0 Å². The van der Waals surface area contributed by atoms with E-state index in [-0.39, 0.29) is 17.2 Å². The Bertz CT molecular complexity index is 1030. The van der Waals surface area contributed by atoms with Crippen molar-refractivity contribution < 1.29 is 9.59 Å². The summed E-state index contributed by atoms with van der Waals surface area (Å²) >= 11 is 0. The minimum absolute atomic E-state index is 0.0961. The molecule has 1 aromatic carbocycles. The Morgan fingerprint density at radius 2 is 1.59 bits per heavy atom. The number of piperidine rings is 1. The molecule has 1 aliphatic carbocycles. The van der Waals surface area contributed by atoms with Crippen LogP contribution >= 0.6 is 0 Å². The van der Waals surface area contributed by atoms with Crippen LogP contribution in [0, 0.1) is 23.2 Å².